The molecule has 0 aliphatic carbocycles. The standard InChI is InChI=1S/C29H29F2NO4/c30-22-8-12-26-20(14-22)6-10-28(35-26)24(33)17-32(16-19-4-2-1-3-5-19)18-25(34)29-11-7-21-15-23(31)9-13-27(21)36-29/h1-5,8-9,12-15,24,28-29,33H,6-7,10-11,16-18H2/t24-,28?,29-/m0/s1. The number of hydrogen-bond donors (Lipinski definition) is 1. The summed E-state index contributed by atoms with van der Waals surface area (Å²) < 4.78 is 39.0. The highest BCUT2D eigenvalue weighted by Gasteiger charge is 2.31. The highest BCUT2D eigenvalue weighted by Crippen LogP contribution is 2.30. The van der Waals surface area contributed by atoms with Crippen molar-refractivity contribution in [3.05, 3.63) is 95.1 Å². The number of hydrogen-bond acceptors (Lipinski definition) is 5. The van der Waals surface area contributed by atoms with Crippen molar-refractivity contribution in [2.45, 2.75) is 50.5 Å². The number of aliphatic hydroxyl groups excluding tert-OH is 1. The first kappa shape index (κ1) is 24.4. The molecule has 5 nitrogen and oxygen atoms in total. The largest absolute Gasteiger partial charge is 0.487 e. The third-order valence-electron chi connectivity index (χ3n) is 6.83. The van der Waals surface area contributed by atoms with Crippen LogP contribution in [0.25, 0.3) is 0 Å². The van der Waals surface area contributed by atoms with Gasteiger partial charge in [0.1, 0.15) is 35.3 Å². The molecule has 1 unspecified atom stereocenters. The van der Waals surface area contributed by atoms with Crippen LogP contribution in [-0.4, -0.2) is 47.2 Å². The van der Waals surface area contributed by atoms with E-state index in [-0.39, 0.29) is 30.5 Å². The van der Waals surface area contributed by atoms with Crippen molar-refractivity contribution in [1.29, 1.82) is 0 Å². The summed E-state index contributed by atoms with van der Waals surface area (Å²) in [6.07, 6.45) is 0.314. The Balaban J connectivity index is 1.26. The molecule has 2 heterocycles. The first-order valence-electron chi connectivity index (χ1n) is 12.3. The molecule has 0 saturated heterocycles. The van der Waals surface area contributed by atoms with E-state index < -0.39 is 18.3 Å². The zero-order valence-electron chi connectivity index (χ0n) is 19.9. The normalized spacial score (nSPS) is 19.6. The number of ketones is 1. The number of benzene rings is 3. The highest BCUT2D eigenvalue weighted by atomic mass is 19.1. The van der Waals surface area contributed by atoms with Gasteiger partial charge in [0, 0.05) is 13.1 Å². The van der Waals surface area contributed by atoms with Crippen LogP contribution in [0.15, 0.2) is 66.7 Å². The van der Waals surface area contributed by atoms with E-state index in [0.717, 1.165) is 16.7 Å². The topological polar surface area (TPSA) is 59.0 Å². The van der Waals surface area contributed by atoms with Crippen LogP contribution in [0.1, 0.15) is 29.5 Å². The number of fused-ring (bicyclic) bond motifs is 2. The number of nitrogens with zero attached hydrogens (tertiary/aromatic N) is 1. The molecule has 0 amide bonds. The summed E-state index contributed by atoms with van der Waals surface area (Å²) in [4.78, 5) is 15.2. The van der Waals surface area contributed by atoms with E-state index in [1.807, 2.05) is 35.2 Å². The molecule has 5 rings (SSSR count). The zero-order valence-corrected chi connectivity index (χ0v) is 19.9. The Bertz CT molecular complexity index is 1220. The van der Waals surface area contributed by atoms with Gasteiger partial charge in [-0.25, -0.2) is 8.78 Å². The van der Waals surface area contributed by atoms with Gasteiger partial charge in [-0.05, 0) is 78.8 Å². The fourth-order valence-electron chi connectivity index (χ4n) is 4.96. The molecule has 188 valence electrons. The lowest BCUT2D eigenvalue weighted by Crippen LogP contribution is -2.46. The molecular weight excluding hydrogens is 464 g/mol. The molecule has 1 N–H and O–H groups in total. The van der Waals surface area contributed by atoms with Crippen LogP contribution in [0.4, 0.5) is 8.78 Å². The summed E-state index contributed by atoms with van der Waals surface area (Å²) in [5, 5.41) is 11.1. The Morgan fingerprint density at radius 2 is 1.56 bits per heavy atom. The van der Waals surface area contributed by atoms with E-state index in [2.05, 4.69) is 0 Å². The van der Waals surface area contributed by atoms with Crippen LogP contribution in [0.3, 0.4) is 0 Å². The number of carbonyl (C=O) groups is 1. The number of ether oxygens (including phenoxy) is 2. The first-order valence-corrected chi connectivity index (χ1v) is 12.3. The van der Waals surface area contributed by atoms with Crippen molar-refractivity contribution < 1.29 is 28.2 Å². The number of carbonyl (C=O) groups excluding carboxylic acids is 1. The van der Waals surface area contributed by atoms with E-state index in [1.165, 1.54) is 24.3 Å². The molecule has 0 radical (unpaired) electrons. The smallest absolute Gasteiger partial charge is 0.187 e. The van der Waals surface area contributed by atoms with E-state index in [9.17, 15) is 18.7 Å². The Kier molecular flexibility index (Phi) is 7.30. The van der Waals surface area contributed by atoms with Crippen molar-refractivity contribution in [3.63, 3.8) is 0 Å². The Labute approximate surface area is 209 Å². The van der Waals surface area contributed by atoms with Crippen LogP contribution in [0.2, 0.25) is 0 Å². The van der Waals surface area contributed by atoms with E-state index in [4.69, 9.17) is 9.47 Å². The van der Waals surface area contributed by atoms with E-state index >= 15 is 0 Å². The van der Waals surface area contributed by atoms with E-state index in [0.29, 0.717) is 43.7 Å². The van der Waals surface area contributed by atoms with Gasteiger partial charge in [0.25, 0.3) is 0 Å². The molecule has 7 heteroatoms. The van der Waals surface area contributed by atoms with Crippen molar-refractivity contribution in [1.82, 2.24) is 4.90 Å². The summed E-state index contributed by atoms with van der Waals surface area (Å²) in [7, 11) is 0. The lowest BCUT2D eigenvalue weighted by molar-refractivity contribution is -0.128. The number of aryl methyl sites for hydroxylation is 2. The van der Waals surface area contributed by atoms with Gasteiger partial charge in [0.15, 0.2) is 11.9 Å². The number of halogens is 2. The van der Waals surface area contributed by atoms with Crippen LogP contribution >= 0.6 is 0 Å². The predicted octanol–water partition coefficient (Wildman–Crippen LogP) is 4.48. The number of rotatable bonds is 8. The Hall–Kier alpha value is -3.29. The maximum Gasteiger partial charge on any atom is 0.187 e. The molecule has 0 fully saturated rings. The quantitative estimate of drug-likeness (QED) is 0.501. The van der Waals surface area contributed by atoms with Crippen LogP contribution in [-0.2, 0) is 24.2 Å². The second-order valence-electron chi connectivity index (χ2n) is 9.53. The highest BCUT2D eigenvalue weighted by molar-refractivity contribution is 5.85. The van der Waals surface area contributed by atoms with Crippen molar-refractivity contribution in [2.24, 2.45) is 0 Å². The van der Waals surface area contributed by atoms with Gasteiger partial charge in [0.05, 0.1) is 6.54 Å². The maximum absolute atomic E-state index is 13.5. The Morgan fingerprint density at radius 1 is 0.917 bits per heavy atom. The van der Waals surface area contributed by atoms with E-state index in [1.54, 1.807) is 12.1 Å². The van der Waals surface area contributed by atoms with Gasteiger partial charge in [-0.2, -0.15) is 0 Å². The molecule has 2 aliphatic rings. The van der Waals surface area contributed by atoms with Crippen LogP contribution in [0, 0.1) is 11.6 Å². The van der Waals surface area contributed by atoms with Gasteiger partial charge in [-0.3, -0.25) is 9.69 Å². The van der Waals surface area contributed by atoms with Crippen molar-refractivity contribution in [2.75, 3.05) is 13.1 Å². The van der Waals surface area contributed by atoms with Crippen molar-refractivity contribution in [3.8, 4) is 11.5 Å². The minimum Gasteiger partial charge on any atom is -0.487 e. The van der Waals surface area contributed by atoms with Gasteiger partial charge in [-0.15, -0.1) is 0 Å². The summed E-state index contributed by atoms with van der Waals surface area (Å²) in [5.74, 6) is 0.423. The fourth-order valence-corrected chi connectivity index (χ4v) is 4.96. The SMILES string of the molecule is O=C(CN(Cc1ccccc1)C[C@H](O)C1CCc2cc(F)ccc2O1)[C@@H]1CCc2cc(F)ccc2O1. The average Bonchev–Trinajstić information content (AvgIpc) is 2.88. The molecule has 2 aliphatic heterocycles. The molecule has 3 aromatic carbocycles. The lowest BCUT2D eigenvalue weighted by atomic mass is 9.98. The zero-order chi connectivity index (χ0) is 25.1. The molecule has 0 spiro atoms. The molecule has 3 aromatic rings. The molecule has 0 saturated carbocycles. The fraction of sp³-hybridized carbons (Fsp3) is 0.345. The summed E-state index contributed by atoms with van der Waals surface area (Å²) in [5.41, 5.74) is 2.59. The first-order chi connectivity index (χ1) is 17.4. The summed E-state index contributed by atoms with van der Waals surface area (Å²) in [6.45, 7) is 0.810. The minimum absolute atomic E-state index is 0.0847. The third kappa shape index (κ3) is 5.74. The molecule has 3 atom stereocenters. The number of aliphatic hydroxyl groups is 1. The van der Waals surface area contributed by atoms with Gasteiger partial charge in [-0.1, -0.05) is 30.3 Å². The number of Topliss-reactive ketones (excluding diaryl/α,β-unsaturated/α-hetero) is 1. The molecule has 0 bridgehead atoms. The lowest BCUT2D eigenvalue weighted by Gasteiger charge is -2.33. The van der Waals surface area contributed by atoms with Crippen LogP contribution < -0.4 is 9.47 Å². The minimum atomic E-state index is -0.837. The van der Waals surface area contributed by atoms with Gasteiger partial charge < -0.3 is 14.6 Å². The average molecular weight is 494 g/mol. The summed E-state index contributed by atoms with van der Waals surface area (Å²) in [6, 6.07) is 18.5. The second kappa shape index (κ2) is 10.8. The second-order valence-corrected chi connectivity index (χ2v) is 9.53. The van der Waals surface area contributed by atoms with Gasteiger partial charge in [0.2, 0.25) is 0 Å². The molecule has 0 aromatic heterocycles. The third-order valence-corrected chi connectivity index (χ3v) is 6.83. The monoisotopic (exact) mass is 493 g/mol. The van der Waals surface area contributed by atoms with Crippen LogP contribution in [0.5, 0.6) is 11.5 Å². The predicted molar refractivity (Wildman–Crippen MR) is 131 cm³/mol. The maximum atomic E-state index is 13.5. The van der Waals surface area contributed by atoms with Crippen molar-refractivity contribution >= 4 is 5.78 Å². The summed E-state index contributed by atoms with van der Waals surface area (Å²) >= 11 is 0. The molecular formula is C29H29F2NO4. The molecule has 36 heavy (non-hydrogen) atoms. The van der Waals surface area contributed by atoms with Gasteiger partial charge >= 0.3 is 0 Å². The Morgan fingerprint density at radius 3 is 2.25 bits per heavy atom.